The smallest absolute Gasteiger partial charge is 0.191 e. The zero-order valence-electron chi connectivity index (χ0n) is 23.8. The third kappa shape index (κ3) is 7.73. The molecule has 0 amide bonds. The summed E-state index contributed by atoms with van der Waals surface area (Å²) in [6.45, 7) is 4.76. The topological polar surface area (TPSA) is 94.7 Å². The second-order valence-electron chi connectivity index (χ2n) is 9.80. The highest BCUT2D eigenvalue weighted by molar-refractivity contribution is 7.80. The van der Waals surface area contributed by atoms with Gasteiger partial charge in [0.05, 0.1) is 44.3 Å². The Morgan fingerprint density at radius 3 is 2.50 bits per heavy atom. The average molecular weight is 626 g/mol. The van der Waals surface area contributed by atoms with Gasteiger partial charge in [-0.2, -0.15) is 5.10 Å². The number of hydrogen-bond acceptors (Lipinski definition) is 8. The van der Waals surface area contributed by atoms with Crippen molar-refractivity contribution in [1.29, 1.82) is 0 Å². The molecular weight excluding hydrogens is 595 g/mol. The molecule has 0 aliphatic carbocycles. The maximum atomic E-state index is 15.1. The summed E-state index contributed by atoms with van der Waals surface area (Å²) in [4.78, 5) is 6.77. The molecule has 2 heterocycles. The van der Waals surface area contributed by atoms with Gasteiger partial charge in [0.25, 0.3) is 0 Å². The molecule has 1 aromatic heterocycles. The maximum absolute atomic E-state index is 15.1. The Morgan fingerprint density at radius 1 is 1.02 bits per heavy atom. The standard InChI is InChI=1S/C31H30F3N5O4S/c1-40-29-17-24-26(18-30(29)42-10-2-7-38-8-11-41-12-9-38)36-6-5-27(24)43-28-4-3-20(13-25(28)34)19-37-39(31(35)44)23-15-21(32)14-22(33)16-23/h3-6,13-19H,2,7-12H2,1H3,(H2,35,44)/b37-19+. The van der Waals surface area contributed by atoms with E-state index >= 15 is 4.39 Å². The van der Waals surface area contributed by atoms with Gasteiger partial charge in [0.15, 0.2) is 28.2 Å². The molecule has 0 saturated carbocycles. The van der Waals surface area contributed by atoms with Crippen LogP contribution in [0.4, 0.5) is 18.9 Å². The number of nitrogens with two attached hydrogens (primary N) is 1. The van der Waals surface area contributed by atoms with Crippen LogP contribution in [0.25, 0.3) is 10.9 Å². The molecule has 4 aromatic rings. The molecule has 13 heteroatoms. The van der Waals surface area contributed by atoms with E-state index in [1.165, 1.54) is 18.3 Å². The van der Waals surface area contributed by atoms with E-state index in [0.29, 0.717) is 46.4 Å². The first-order valence-corrected chi connectivity index (χ1v) is 14.2. The molecule has 0 atom stereocenters. The predicted molar refractivity (Wildman–Crippen MR) is 165 cm³/mol. The Morgan fingerprint density at radius 2 is 1.80 bits per heavy atom. The normalized spacial score (nSPS) is 13.7. The maximum Gasteiger partial charge on any atom is 0.191 e. The van der Waals surface area contributed by atoms with Crippen molar-refractivity contribution in [1.82, 2.24) is 9.88 Å². The Hall–Kier alpha value is -4.46. The molecule has 0 spiro atoms. The number of halogens is 3. The Bertz CT molecular complexity index is 1650. The fourth-order valence-corrected chi connectivity index (χ4v) is 4.77. The van der Waals surface area contributed by atoms with Crippen LogP contribution in [-0.4, -0.2) is 67.8 Å². The van der Waals surface area contributed by atoms with Crippen LogP contribution in [0.3, 0.4) is 0 Å². The molecular formula is C31H30F3N5O4S. The average Bonchev–Trinajstić information content (AvgIpc) is 3.00. The lowest BCUT2D eigenvalue weighted by Gasteiger charge is -2.26. The van der Waals surface area contributed by atoms with Gasteiger partial charge in [-0.3, -0.25) is 9.88 Å². The molecule has 230 valence electrons. The highest BCUT2D eigenvalue weighted by Gasteiger charge is 2.16. The molecule has 44 heavy (non-hydrogen) atoms. The van der Waals surface area contributed by atoms with Crippen LogP contribution < -0.4 is 25.0 Å². The van der Waals surface area contributed by atoms with Gasteiger partial charge in [-0.15, -0.1) is 0 Å². The quantitative estimate of drug-likeness (QED) is 0.0984. The largest absolute Gasteiger partial charge is 0.493 e. The summed E-state index contributed by atoms with van der Waals surface area (Å²) in [6, 6.07) is 12.1. The summed E-state index contributed by atoms with van der Waals surface area (Å²) in [7, 11) is 1.54. The minimum absolute atomic E-state index is 0.0202. The van der Waals surface area contributed by atoms with Gasteiger partial charge in [0.1, 0.15) is 17.4 Å². The van der Waals surface area contributed by atoms with Crippen molar-refractivity contribution in [3.63, 3.8) is 0 Å². The number of aromatic nitrogens is 1. The van der Waals surface area contributed by atoms with Crippen molar-refractivity contribution in [3.8, 4) is 23.0 Å². The number of hydrazone groups is 1. The summed E-state index contributed by atoms with van der Waals surface area (Å²) >= 11 is 4.96. The molecule has 0 bridgehead atoms. The first-order valence-electron chi connectivity index (χ1n) is 13.8. The van der Waals surface area contributed by atoms with Gasteiger partial charge in [-0.1, -0.05) is 0 Å². The summed E-state index contributed by atoms with van der Waals surface area (Å²) in [5, 5.41) is 5.38. The minimum atomic E-state index is -0.825. The van der Waals surface area contributed by atoms with Crippen molar-refractivity contribution in [2.45, 2.75) is 6.42 Å². The molecule has 0 unspecified atom stereocenters. The molecule has 0 radical (unpaired) electrons. The number of methoxy groups -OCH3 is 1. The number of hydrogen-bond donors (Lipinski definition) is 1. The van der Waals surface area contributed by atoms with Gasteiger partial charge in [-0.25, -0.2) is 18.2 Å². The van der Waals surface area contributed by atoms with Crippen LogP contribution in [0.15, 0.2) is 65.9 Å². The number of fused-ring (bicyclic) bond motifs is 1. The van der Waals surface area contributed by atoms with Crippen LogP contribution in [0.5, 0.6) is 23.0 Å². The van der Waals surface area contributed by atoms with Gasteiger partial charge in [0, 0.05) is 43.4 Å². The van der Waals surface area contributed by atoms with E-state index < -0.39 is 17.5 Å². The number of pyridine rings is 1. The van der Waals surface area contributed by atoms with E-state index in [9.17, 15) is 8.78 Å². The summed E-state index contributed by atoms with van der Waals surface area (Å²) in [5.41, 5.74) is 6.57. The van der Waals surface area contributed by atoms with Crippen molar-refractivity contribution < 1.29 is 32.1 Å². The number of anilines is 1. The van der Waals surface area contributed by atoms with E-state index in [1.54, 1.807) is 37.6 Å². The highest BCUT2D eigenvalue weighted by Crippen LogP contribution is 2.37. The lowest BCUT2D eigenvalue weighted by Crippen LogP contribution is -2.37. The van der Waals surface area contributed by atoms with E-state index in [4.69, 9.17) is 36.9 Å². The van der Waals surface area contributed by atoms with E-state index in [0.717, 1.165) is 56.4 Å². The van der Waals surface area contributed by atoms with Crippen molar-refractivity contribution >= 4 is 40.1 Å². The molecule has 2 N–H and O–H groups in total. The van der Waals surface area contributed by atoms with Crippen molar-refractivity contribution in [2.75, 3.05) is 51.6 Å². The molecule has 1 fully saturated rings. The van der Waals surface area contributed by atoms with Crippen LogP contribution in [-0.2, 0) is 4.74 Å². The monoisotopic (exact) mass is 625 g/mol. The summed E-state index contributed by atoms with van der Waals surface area (Å²) in [6.07, 6.45) is 3.66. The molecule has 1 saturated heterocycles. The number of rotatable bonds is 11. The number of ether oxygens (including phenoxy) is 4. The number of benzene rings is 3. The van der Waals surface area contributed by atoms with Gasteiger partial charge < -0.3 is 24.7 Å². The number of nitrogens with zero attached hydrogens (tertiary/aromatic N) is 4. The predicted octanol–water partition coefficient (Wildman–Crippen LogP) is 5.64. The van der Waals surface area contributed by atoms with Crippen LogP contribution in [0, 0.1) is 17.5 Å². The zero-order valence-corrected chi connectivity index (χ0v) is 24.7. The molecule has 5 rings (SSSR count). The van der Waals surface area contributed by atoms with Gasteiger partial charge >= 0.3 is 0 Å². The van der Waals surface area contributed by atoms with Crippen LogP contribution >= 0.6 is 12.2 Å². The summed E-state index contributed by atoms with van der Waals surface area (Å²) < 4.78 is 65.4. The highest BCUT2D eigenvalue weighted by atomic mass is 32.1. The lowest BCUT2D eigenvalue weighted by atomic mass is 10.1. The second kappa shape index (κ2) is 14.3. The van der Waals surface area contributed by atoms with Gasteiger partial charge in [0.2, 0.25) is 0 Å². The Balaban J connectivity index is 1.29. The summed E-state index contributed by atoms with van der Waals surface area (Å²) in [5.74, 6) is -0.967. The molecule has 3 aromatic carbocycles. The van der Waals surface area contributed by atoms with Crippen LogP contribution in [0.2, 0.25) is 0 Å². The Kier molecular flexibility index (Phi) is 10.1. The van der Waals surface area contributed by atoms with Crippen LogP contribution in [0.1, 0.15) is 12.0 Å². The van der Waals surface area contributed by atoms with Crippen molar-refractivity contribution in [2.24, 2.45) is 10.8 Å². The fraction of sp³-hybridized carbons (Fsp3) is 0.258. The number of morpholine rings is 1. The molecule has 1 aliphatic rings. The lowest BCUT2D eigenvalue weighted by molar-refractivity contribution is 0.0357. The minimum Gasteiger partial charge on any atom is -0.493 e. The second-order valence-corrected chi connectivity index (χ2v) is 10.2. The zero-order chi connectivity index (χ0) is 31.1. The first-order chi connectivity index (χ1) is 21.3. The third-order valence-corrected chi connectivity index (χ3v) is 6.94. The van der Waals surface area contributed by atoms with E-state index in [-0.39, 0.29) is 16.5 Å². The van der Waals surface area contributed by atoms with E-state index in [1.807, 2.05) is 0 Å². The fourth-order valence-electron chi connectivity index (χ4n) is 4.62. The molecule has 9 nitrogen and oxygen atoms in total. The van der Waals surface area contributed by atoms with Gasteiger partial charge in [-0.05, 0) is 66.7 Å². The third-order valence-electron chi connectivity index (χ3n) is 6.77. The first kappa shape index (κ1) is 31.0. The SMILES string of the molecule is COc1cc2c(Oc3ccc(/C=N/N(C(N)=S)c4cc(F)cc(F)c4)cc3F)ccnc2cc1OCCCN1CCOCC1. The molecule has 1 aliphatic heterocycles. The number of thiocarbonyl (C=S) groups is 1. The van der Waals surface area contributed by atoms with E-state index in [2.05, 4.69) is 15.0 Å². The Labute approximate surface area is 257 Å². The van der Waals surface area contributed by atoms with Crippen molar-refractivity contribution in [3.05, 3.63) is 83.8 Å².